The lowest BCUT2D eigenvalue weighted by atomic mass is 10.1. The number of anilines is 1. The molecule has 2 aromatic rings. The fraction of sp³-hybridized carbons (Fsp3) is 0.250. The minimum Gasteiger partial charge on any atom is -0.503 e. The first kappa shape index (κ1) is 14.7. The van der Waals surface area contributed by atoms with Gasteiger partial charge in [-0.2, -0.15) is 0 Å². The average Bonchev–Trinajstić information content (AvgIpc) is 2.48. The molecule has 0 spiro atoms. The van der Waals surface area contributed by atoms with Crippen LogP contribution in [0.3, 0.4) is 0 Å². The van der Waals surface area contributed by atoms with Crippen molar-refractivity contribution >= 4 is 21.6 Å². The van der Waals surface area contributed by atoms with Crippen molar-refractivity contribution in [1.82, 2.24) is 0 Å². The summed E-state index contributed by atoms with van der Waals surface area (Å²) >= 11 is 3.33. The quantitative estimate of drug-likeness (QED) is 0.854. The van der Waals surface area contributed by atoms with Crippen LogP contribution in [0.15, 0.2) is 40.9 Å². The van der Waals surface area contributed by atoms with Crippen molar-refractivity contribution in [2.45, 2.75) is 19.9 Å². The van der Waals surface area contributed by atoms with Crippen LogP contribution in [0, 0.1) is 0 Å². The molecular weight excluding hydrogens is 318 g/mol. The van der Waals surface area contributed by atoms with Gasteiger partial charge in [0.25, 0.3) is 0 Å². The summed E-state index contributed by atoms with van der Waals surface area (Å²) in [5.41, 5.74) is 3.43. The fourth-order valence-electron chi connectivity index (χ4n) is 1.95. The van der Waals surface area contributed by atoms with Gasteiger partial charge in [0.1, 0.15) is 0 Å². The van der Waals surface area contributed by atoms with Crippen molar-refractivity contribution in [3.05, 3.63) is 52.0 Å². The third-order valence-corrected chi connectivity index (χ3v) is 3.77. The molecule has 0 radical (unpaired) electrons. The number of ether oxygens (including phenoxy) is 1. The standard InChI is InChI=1S/C16H18BrNO2/c1-3-11-4-6-13(7-5-11)18-10-12-8-14(17)16(19)15(9-12)20-2/h4-9,18-19H,3,10H2,1-2H3. The Morgan fingerprint density at radius 3 is 2.45 bits per heavy atom. The molecule has 2 aromatic carbocycles. The van der Waals surface area contributed by atoms with E-state index in [1.54, 1.807) is 7.11 Å². The first-order valence-corrected chi connectivity index (χ1v) is 7.31. The van der Waals surface area contributed by atoms with Crippen molar-refractivity contribution in [1.29, 1.82) is 0 Å². The van der Waals surface area contributed by atoms with Gasteiger partial charge in [-0.15, -0.1) is 0 Å². The Morgan fingerprint density at radius 1 is 1.15 bits per heavy atom. The summed E-state index contributed by atoms with van der Waals surface area (Å²) in [6.45, 7) is 2.81. The molecule has 20 heavy (non-hydrogen) atoms. The van der Waals surface area contributed by atoms with Gasteiger partial charge >= 0.3 is 0 Å². The van der Waals surface area contributed by atoms with Crippen LogP contribution in [0.1, 0.15) is 18.1 Å². The second-order valence-electron chi connectivity index (χ2n) is 4.53. The van der Waals surface area contributed by atoms with Crippen LogP contribution in [0.2, 0.25) is 0 Å². The Hall–Kier alpha value is -1.68. The predicted molar refractivity (Wildman–Crippen MR) is 85.5 cm³/mol. The molecule has 0 fully saturated rings. The van der Waals surface area contributed by atoms with Gasteiger partial charge in [-0.1, -0.05) is 19.1 Å². The van der Waals surface area contributed by atoms with Gasteiger partial charge in [0.05, 0.1) is 11.6 Å². The largest absolute Gasteiger partial charge is 0.503 e. The number of benzene rings is 2. The molecule has 106 valence electrons. The normalized spacial score (nSPS) is 10.3. The van der Waals surface area contributed by atoms with Gasteiger partial charge in [0.2, 0.25) is 0 Å². The predicted octanol–water partition coefficient (Wildman–Crippen LogP) is 4.34. The highest BCUT2D eigenvalue weighted by Gasteiger charge is 2.08. The first-order valence-electron chi connectivity index (χ1n) is 6.52. The van der Waals surface area contributed by atoms with Crippen LogP contribution in [0.4, 0.5) is 5.69 Å². The number of methoxy groups -OCH3 is 1. The van der Waals surface area contributed by atoms with Crippen molar-refractivity contribution in [2.24, 2.45) is 0 Å². The molecule has 0 saturated heterocycles. The van der Waals surface area contributed by atoms with Crippen molar-refractivity contribution in [3.63, 3.8) is 0 Å². The lowest BCUT2D eigenvalue weighted by Crippen LogP contribution is -2.00. The third kappa shape index (κ3) is 3.45. The summed E-state index contributed by atoms with van der Waals surface area (Å²) in [6, 6.07) is 12.1. The van der Waals surface area contributed by atoms with Crippen LogP contribution in [0.5, 0.6) is 11.5 Å². The molecule has 0 aliphatic rings. The molecule has 0 saturated carbocycles. The smallest absolute Gasteiger partial charge is 0.172 e. The number of phenolic OH excluding ortho intramolecular Hbond substituents is 1. The lowest BCUT2D eigenvalue weighted by Gasteiger charge is -2.11. The SMILES string of the molecule is CCc1ccc(NCc2cc(Br)c(O)c(OC)c2)cc1. The van der Waals surface area contributed by atoms with E-state index in [2.05, 4.69) is 52.4 Å². The minimum atomic E-state index is 0.128. The lowest BCUT2D eigenvalue weighted by molar-refractivity contribution is 0.371. The van der Waals surface area contributed by atoms with E-state index in [9.17, 15) is 5.11 Å². The molecule has 0 unspecified atom stereocenters. The zero-order valence-corrected chi connectivity index (χ0v) is 13.2. The molecule has 3 nitrogen and oxygen atoms in total. The van der Waals surface area contributed by atoms with E-state index >= 15 is 0 Å². The van der Waals surface area contributed by atoms with Gasteiger partial charge in [0, 0.05) is 12.2 Å². The Labute approximate surface area is 127 Å². The monoisotopic (exact) mass is 335 g/mol. The van der Waals surface area contributed by atoms with Gasteiger partial charge in [-0.05, 0) is 57.7 Å². The topological polar surface area (TPSA) is 41.5 Å². The summed E-state index contributed by atoms with van der Waals surface area (Å²) in [7, 11) is 1.54. The number of nitrogens with one attached hydrogen (secondary N) is 1. The maximum atomic E-state index is 9.77. The van der Waals surface area contributed by atoms with E-state index in [4.69, 9.17) is 4.74 Å². The van der Waals surface area contributed by atoms with Crippen LogP contribution < -0.4 is 10.1 Å². The van der Waals surface area contributed by atoms with E-state index in [-0.39, 0.29) is 5.75 Å². The second-order valence-corrected chi connectivity index (χ2v) is 5.39. The Morgan fingerprint density at radius 2 is 1.85 bits per heavy atom. The molecule has 0 aromatic heterocycles. The number of rotatable bonds is 5. The zero-order chi connectivity index (χ0) is 14.5. The molecule has 0 aliphatic heterocycles. The number of hydrogen-bond acceptors (Lipinski definition) is 3. The summed E-state index contributed by atoms with van der Waals surface area (Å²) in [6.07, 6.45) is 1.04. The summed E-state index contributed by atoms with van der Waals surface area (Å²) < 4.78 is 5.78. The molecule has 0 bridgehead atoms. The van der Waals surface area contributed by atoms with E-state index < -0.39 is 0 Å². The van der Waals surface area contributed by atoms with E-state index in [0.717, 1.165) is 17.7 Å². The van der Waals surface area contributed by atoms with Gasteiger partial charge in [0.15, 0.2) is 11.5 Å². The number of hydrogen-bond donors (Lipinski definition) is 2. The van der Waals surface area contributed by atoms with E-state index in [0.29, 0.717) is 16.8 Å². The first-order chi connectivity index (χ1) is 9.63. The maximum Gasteiger partial charge on any atom is 0.172 e. The van der Waals surface area contributed by atoms with E-state index in [1.807, 2.05) is 12.1 Å². The molecule has 0 amide bonds. The Kier molecular flexibility index (Phi) is 4.90. The van der Waals surface area contributed by atoms with Crippen LogP contribution in [-0.2, 0) is 13.0 Å². The van der Waals surface area contributed by atoms with Crippen molar-refractivity contribution in [3.8, 4) is 11.5 Å². The minimum absolute atomic E-state index is 0.128. The average molecular weight is 336 g/mol. The molecule has 0 heterocycles. The molecule has 4 heteroatoms. The van der Waals surface area contributed by atoms with Crippen LogP contribution in [-0.4, -0.2) is 12.2 Å². The third-order valence-electron chi connectivity index (χ3n) is 3.17. The molecule has 0 atom stereocenters. The molecule has 2 rings (SSSR count). The van der Waals surface area contributed by atoms with Gasteiger partial charge in [-0.3, -0.25) is 0 Å². The molecule has 2 N–H and O–H groups in total. The van der Waals surface area contributed by atoms with Gasteiger partial charge < -0.3 is 15.2 Å². The van der Waals surface area contributed by atoms with Crippen LogP contribution in [0.25, 0.3) is 0 Å². The number of halogens is 1. The summed E-state index contributed by atoms with van der Waals surface area (Å²) in [4.78, 5) is 0. The van der Waals surface area contributed by atoms with Gasteiger partial charge in [-0.25, -0.2) is 0 Å². The summed E-state index contributed by atoms with van der Waals surface area (Å²) in [5.74, 6) is 0.598. The zero-order valence-electron chi connectivity index (χ0n) is 11.6. The fourth-order valence-corrected chi connectivity index (χ4v) is 2.44. The Balaban J connectivity index is 2.08. The number of aryl methyl sites for hydroxylation is 1. The Bertz CT molecular complexity index is 582. The second kappa shape index (κ2) is 6.66. The van der Waals surface area contributed by atoms with Crippen molar-refractivity contribution < 1.29 is 9.84 Å². The highest BCUT2D eigenvalue weighted by molar-refractivity contribution is 9.10. The highest BCUT2D eigenvalue weighted by atomic mass is 79.9. The molecule has 0 aliphatic carbocycles. The number of aromatic hydroxyl groups is 1. The van der Waals surface area contributed by atoms with Crippen molar-refractivity contribution in [2.75, 3.05) is 12.4 Å². The number of phenols is 1. The van der Waals surface area contributed by atoms with Crippen LogP contribution >= 0.6 is 15.9 Å². The summed E-state index contributed by atoms with van der Waals surface area (Å²) in [5, 5.41) is 13.1. The molecular formula is C16H18BrNO2. The van der Waals surface area contributed by atoms with E-state index in [1.165, 1.54) is 5.56 Å². The highest BCUT2D eigenvalue weighted by Crippen LogP contribution is 2.35. The maximum absolute atomic E-state index is 9.77.